The van der Waals surface area contributed by atoms with Crippen molar-refractivity contribution in [1.82, 2.24) is 10.0 Å². The van der Waals surface area contributed by atoms with Crippen molar-refractivity contribution < 1.29 is 13.2 Å². The summed E-state index contributed by atoms with van der Waals surface area (Å²) in [5.41, 5.74) is 0.669. The quantitative estimate of drug-likeness (QED) is 0.844. The topological polar surface area (TPSA) is 67.4 Å². The molecule has 0 aromatic heterocycles. The highest BCUT2D eigenvalue weighted by atomic mass is 35.5. The summed E-state index contributed by atoms with van der Waals surface area (Å²) in [7, 11) is -3.37. The van der Waals surface area contributed by atoms with Crippen LogP contribution >= 0.6 is 24.0 Å². The van der Waals surface area contributed by atoms with E-state index < -0.39 is 10.0 Å². The van der Waals surface area contributed by atoms with E-state index in [2.05, 4.69) is 10.0 Å². The lowest BCUT2D eigenvalue weighted by molar-refractivity contribution is 0.0324. The third-order valence-corrected chi connectivity index (χ3v) is 4.34. The van der Waals surface area contributed by atoms with Gasteiger partial charge in [-0.3, -0.25) is 0 Å². The van der Waals surface area contributed by atoms with Crippen LogP contribution in [0.5, 0.6) is 0 Å². The summed E-state index contributed by atoms with van der Waals surface area (Å²) < 4.78 is 31.8. The minimum Gasteiger partial charge on any atom is -0.374 e. The van der Waals surface area contributed by atoms with Gasteiger partial charge >= 0.3 is 0 Å². The number of nitrogens with one attached hydrogen (secondary N) is 2. The first-order valence-corrected chi connectivity index (χ1v) is 8.12. The molecule has 0 saturated carbocycles. The standard InChI is InChI=1S/C12H17ClN2O3S.ClH/c13-11-3-1-2-10(6-11)9-19(16,17)15-8-12-7-14-4-5-18-12;/h1-3,6,12,14-15H,4-5,7-9H2;1H. The van der Waals surface area contributed by atoms with Gasteiger partial charge in [0.15, 0.2) is 0 Å². The van der Waals surface area contributed by atoms with Crippen LogP contribution in [0.4, 0.5) is 0 Å². The van der Waals surface area contributed by atoms with Gasteiger partial charge in [0.1, 0.15) is 0 Å². The number of hydrogen-bond acceptors (Lipinski definition) is 4. The average Bonchev–Trinajstić information content (AvgIpc) is 2.37. The fraction of sp³-hybridized carbons (Fsp3) is 0.500. The Hall–Kier alpha value is -0.370. The van der Waals surface area contributed by atoms with Gasteiger partial charge in [-0.2, -0.15) is 0 Å². The molecule has 1 unspecified atom stereocenters. The molecule has 1 saturated heterocycles. The lowest BCUT2D eigenvalue weighted by Gasteiger charge is -2.23. The Morgan fingerprint density at radius 2 is 2.25 bits per heavy atom. The number of benzene rings is 1. The van der Waals surface area contributed by atoms with E-state index in [4.69, 9.17) is 16.3 Å². The van der Waals surface area contributed by atoms with Crippen LogP contribution in [0.25, 0.3) is 0 Å². The van der Waals surface area contributed by atoms with Crippen molar-refractivity contribution >= 4 is 34.0 Å². The second-order valence-corrected chi connectivity index (χ2v) is 6.68. The highest BCUT2D eigenvalue weighted by Gasteiger charge is 2.17. The number of halogens is 2. The van der Waals surface area contributed by atoms with Crippen LogP contribution in [-0.2, 0) is 20.5 Å². The fourth-order valence-electron chi connectivity index (χ4n) is 1.87. The van der Waals surface area contributed by atoms with Gasteiger partial charge < -0.3 is 10.1 Å². The molecule has 1 aromatic rings. The molecule has 0 bridgehead atoms. The maximum atomic E-state index is 11.9. The van der Waals surface area contributed by atoms with Crippen LogP contribution in [0.2, 0.25) is 5.02 Å². The van der Waals surface area contributed by atoms with E-state index in [9.17, 15) is 8.42 Å². The third-order valence-electron chi connectivity index (χ3n) is 2.78. The molecule has 1 heterocycles. The van der Waals surface area contributed by atoms with Gasteiger partial charge in [-0.15, -0.1) is 12.4 Å². The summed E-state index contributed by atoms with van der Waals surface area (Å²) in [6, 6.07) is 6.84. The zero-order chi connectivity index (χ0) is 13.7. The second-order valence-electron chi connectivity index (χ2n) is 4.43. The van der Waals surface area contributed by atoms with Crippen LogP contribution in [0.1, 0.15) is 5.56 Å². The Morgan fingerprint density at radius 1 is 1.45 bits per heavy atom. The van der Waals surface area contributed by atoms with E-state index in [0.29, 0.717) is 23.7 Å². The largest absolute Gasteiger partial charge is 0.374 e. The maximum Gasteiger partial charge on any atom is 0.215 e. The third kappa shape index (κ3) is 5.95. The highest BCUT2D eigenvalue weighted by Crippen LogP contribution is 2.12. The molecule has 114 valence electrons. The van der Waals surface area contributed by atoms with Crippen molar-refractivity contribution in [3.05, 3.63) is 34.9 Å². The van der Waals surface area contributed by atoms with Gasteiger partial charge in [0.05, 0.1) is 18.5 Å². The molecule has 2 N–H and O–H groups in total. The van der Waals surface area contributed by atoms with Gasteiger partial charge in [-0.05, 0) is 17.7 Å². The van der Waals surface area contributed by atoms with E-state index in [-0.39, 0.29) is 30.8 Å². The second kappa shape index (κ2) is 8.17. The molecule has 0 radical (unpaired) electrons. The van der Waals surface area contributed by atoms with Gasteiger partial charge in [-0.25, -0.2) is 13.1 Å². The molecule has 1 fully saturated rings. The van der Waals surface area contributed by atoms with Crippen molar-refractivity contribution in [3.8, 4) is 0 Å². The molecule has 5 nitrogen and oxygen atoms in total. The molecular weight excluding hydrogens is 323 g/mol. The van der Waals surface area contributed by atoms with Crippen molar-refractivity contribution in [2.75, 3.05) is 26.2 Å². The summed E-state index contributed by atoms with van der Waals surface area (Å²) in [4.78, 5) is 0. The smallest absolute Gasteiger partial charge is 0.215 e. The Labute approximate surface area is 130 Å². The SMILES string of the molecule is Cl.O=S(=O)(Cc1cccc(Cl)c1)NCC1CNCCO1. The zero-order valence-corrected chi connectivity index (χ0v) is 13.2. The number of hydrogen-bond donors (Lipinski definition) is 2. The number of morpholine rings is 1. The van der Waals surface area contributed by atoms with Gasteiger partial charge in [0, 0.05) is 24.7 Å². The molecule has 1 aromatic carbocycles. The summed E-state index contributed by atoms with van der Waals surface area (Å²) in [5, 5.41) is 3.69. The molecule has 1 atom stereocenters. The van der Waals surface area contributed by atoms with Crippen LogP contribution < -0.4 is 10.0 Å². The number of rotatable bonds is 5. The lowest BCUT2D eigenvalue weighted by Crippen LogP contribution is -2.45. The zero-order valence-electron chi connectivity index (χ0n) is 10.8. The minimum atomic E-state index is -3.37. The first-order valence-electron chi connectivity index (χ1n) is 6.09. The Balaban J connectivity index is 0.00000200. The molecule has 20 heavy (non-hydrogen) atoms. The van der Waals surface area contributed by atoms with Crippen LogP contribution in [-0.4, -0.2) is 40.8 Å². The van der Waals surface area contributed by atoms with E-state index in [1.54, 1.807) is 24.3 Å². The van der Waals surface area contributed by atoms with E-state index in [1.807, 2.05) is 0 Å². The van der Waals surface area contributed by atoms with Gasteiger partial charge in [0.2, 0.25) is 10.0 Å². The summed E-state index contributed by atoms with van der Waals surface area (Å²) in [5.74, 6) is -0.0757. The van der Waals surface area contributed by atoms with E-state index in [0.717, 1.165) is 6.54 Å². The Morgan fingerprint density at radius 3 is 2.90 bits per heavy atom. The molecule has 1 aliphatic rings. The summed E-state index contributed by atoms with van der Waals surface area (Å²) in [6.45, 7) is 2.38. The highest BCUT2D eigenvalue weighted by molar-refractivity contribution is 7.88. The Kier molecular flexibility index (Phi) is 7.22. The van der Waals surface area contributed by atoms with Gasteiger partial charge in [0.25, 0.3) is 0 Å². The minimum absolute atomic E-state index is 0. The van der Waals surface area contributed by atoms with E-state index >= 15 is 0 Å². The van der Waals surface area contributed by atoms with Crippen molar-refractivity contribution in [1.29, 1.82) is 0 Å². The van der Waals surface area contributed by atoms with Crippen LogP contribution in [0.3, 0.4) is 0 Å². The molecule has 0 spiro atoms. The summed E-state index contributed by atoms with van der Waals surface area (Å²) >= 11 is 5.83. The molecular formula is C12H18Cl2N2O3S. The number of sulfonamides is 1. The molecule has 0 amide bonds. The lowest BCUT2D eigenvalue weighted by atomic mass is 10.2. The number of ether oxygens (including phenoxy) is 1. The molecule has 1 aliphatic heterocycles. The normalized spacial score (nSPS) is 19.4. The van der Waals surface area contributed by atoms with Crippen LogP contribution in [0, 0.1) is 0 Å². The van der Waals surface area contributed by atoms with Crippen molar-refractivity contribution in [2.45, 2.75) is 11.9 Å². The first kappa shape index (κ1) is 17.7. The van der Waals surface area contributed by atoms with Crippen LogP contribution in [0.15, 0.2) is 24.3 Å². The predicted octanol–water partition coefficient (Wildman–Crippen LogP) is 1.17. The summed E-state index contributed by atoms with van der Waals surface area (Å²) in [6.07, 6.45) is -0.108. The average molecular weight is 341 g/mol. The molecule has 2 rings (SSSR count). The van der Waals surface area contributed by atoms with E-state index in [1.165, 1.54) is 0 Å². The predicted molar refractivity (Wildman–Crippen MR) is 81.9 cm³/mol. The molecule has 8 heteroatoms. The van der Waals surface area contributed by atoms with Crippen molar-refractivity contribution in [3.63, 3.8) is 0 Å². The maximum absolute atomic E-state index is 11.9. The van der Waals surface area contributed by atoms with Crippen molar-refractivity contribution in [2.24, 2.45) is 0 Å². The molecule has 0 aliphatic carbocycles. The Bertz CT molecular complexity index is 519. The van der Waals surface area contributed by atoms with Gasteiger partial charge in [-0.1, -0.05) is 23.7 Å². The fourth-order valence-corrected chi connectivity index (χ4v) is 3.24. The monoisotopic (exact) mass is 340 g/mol. The first-order chi connectivity index (χ1) is 9.05.